The Morgan fingerprint density at radius 1 is 1.24 bits per heavy atom. The zero-order valence-electron chi connectivity index (χ0n) is 12.8. The lowest BCUT2D eigenvalue weighted by molar-refractivity contribution is -0.0969. The van der Waals surface area contributed by atoms with Crippen molar-refractivity contribution in [3.8, 4) is 0 Å². The van der Waals surface area contributed by atoms with Gasteiger partial charge in [0.25, 0.3) is 5.91 Å². The maximum Gasteiger partial charge on any atom is 0.254 e. The Balaban J connectivity index is 1.73. The van der Waals surface area contributed by atoms with Gasteiger partial charge in [0.1, 0.15) is 0 Å². The summed E-state index contributed by atoms with van der Waals surface area (Å²) in [7, 11) is 0. The lowest BCUT2D eigenvalue weighted by Gasteiger charge is -2.35. The average molecular weight is 289 g/mol. The predicted octanol–water partition coefficient (Wildman–Crippen LogP) is 2.53. The van der Waals surface area contributed by atoms with Gasteiger partial charge in [-0.25, -0.2) is 0 Å². The smallest absolute Gasteiger partial charge is 0.254 e. The lowest BCUT2D eigenvalue weighted by atomic mass is 9.96. The maximum atomic E-state index is 12.8. The number of rotatable bonds is 2. The molecule has 1 atom stereocenters. The molecule has 114 valence electrons. The van der Waals surface area contributed by atoms with Crippen molar-refractivity contribution in [1.82, 2.24) is 4.90 Å². The monoisotopic (exact) mass is 289 g/mol. The van der Waals surface area contributed by atoms with Crippen molar-refractivity contribution in [2.75, 3.05) is 26.3 Å². The Morgan fingerprint density at radius 2 is 2.00 bits per heavy atom. The second-order valence-corrected chi connectivity index (χ2v) is 6.08. The predicted molar refractivity (Wildman–Crippen MR) is 80.2 cm³/mol. The number of hydrogen-bond donors (Lipinski definition) is 0. The molecule has 0 spiro atoms. The van der Waals surface area contributed by atoms with Crippen molar-refractivity contribution in [3.05, 3.63) is 34.9 Å². The minimum absolute atomic E-state index is 0.126. The molecule has 0 N–H and O–H groups in total. The summed E-state index contributed by atoms with van der Waals surface area (Å²) in [5.41, 5.74) is 2.99. The molecule has 1 aromatic rings. The van der Waals surface area contributed by atoms with E-state index in [-0.39, 0.29) is 12.2 Å². The highest BCUT2D eigenvalue weighted by atomic mass is 16.7. The second kappa shape index (κ2) is 6.16. The fraction of sp³-hybridized carbons (Fsp3) is 0.588. The number of amides is 1. The highest BCUT2D eigenvalue weighted by molar-refractivity contribution is 5.95. The molecule has 0 aliphatic carbocycles. The summed E-state index contributed by atoms with van der Waals surface area (Å²) in [6.45, 7) is 6.93. The van der Waals surface area contributed by atoms with Gasteiger partial charge in [0.2, 0.25) is 0 Å². The molecule has 0 radical (unpaired) electrons. The van der Waals surface area contributed by atoms with Crippen molar-refractivity contribution in [2.24, 2.45) is 5.92 Å². The standard InChI is InChI=1S/C17H23NO3/c1-12-5-6-13(2)15(10-12)16(19)18-7-3-4-14(11-18)17-20-8-9-21-17/h5-6,10,14,17H,3-4,7-9,11H2,1-2H3. The van der Waals surface area contributed by atoms with Crippen molar-refractivity contribution in [1.29, 1.82) is 0 Å². The van der Waals surface area contributed by atoms with E-state index in [0.29, 0.717) is 19.1 Å². The largest absolute Gasteiger partial charge is 0.350 e. The highest BCUT2D eigenvalue weighted by Gasteiger charge is 2.33. The number of nitrogens with zero attached hydrogens (tertiary/aromatic N) is 1. The van der Waals surface area contributed by atoms with Crippen molar-refractivity contribution in [3.63, 3.8) is 0 Å². The lowest BCUT2D eigenvalue weighted by Crippen LogP contribution is -2.44. The van der Waals surface area contributed by atoms with Crippen molar-refractivity contribution >= 4 is 5.91 Å². The van der Waals surface area contributed by atoms with Crippen LogP contribution in [0.1, 0.15) is 34.3 Å². The van der Waals surface area contributed by atoms with Gasteiger partial charge in [-0.3, -0.25) is 4.79 Å². The molecule has 4 nitrogen and oxygen atoms in total. The van der Waals surface area contributed by atoms with Gasteiger partial charge in [-0.1, -0.05) is 17.7 Å². The highest BCUT2D eigenvalue weighted by Crippen LogP contribution is 2.26. The number of ether oxygens (including phenoxy) is 2. The SMILES string of the molecule is Cc1ccc(C)c(C(=O)N2CCCC(C3OCCO3)C2)c1. The summed E-state index contributed by atoms with van der Waals surface area (Å²) >= 11 is 0. The maximum absolute atomic E-state index is 12.8. The molecule has 1 amide bonds. The molecule has 1 aromatic carbocycles. The number of benzene rings is 1. The Labute approximate surface area is 126 Å². The number of aryl methyl sites for hydroxylation is 2. The van der Waals surface area contributed by atoms with Crippen LogP contribution < -0.4 is 0 Å². The van der Waals surface area contributed by atoms with Gasteiger partial charge in [0, 0.05) is 24.6 Å². The quantitative estimate of drug-likeness (QED) is 0.840. The van der Waals surface area contributed by atoms with Gasteiger partial charge in [-0.2, -0.15) is 0 Å². The third kappa shape index (κ3) is 3.11. The van der Waals surface area contributed by atoms with E-state index in [0.717, 1.165) is 42.6 Å². The molecule has 1 unspecified atom stereocenters. The number of piperidine rings is 1. The fourth-order valence-corrected chi connectivity index (χ4v) is 3.20. The Bertz CT molecular complexity index is 523. The van der Waals surface area contributed by atoms with E-state index in [4.69, 9.17) is 9.47 Å². The molecule has 0 bridgehead atoms. The Kier molecular flexibility index (Phi) is 4.27. The van der Waals surface area contributed by atoms with E-state index < -0.39 is 0 Å². The third-order valence-electron chi connectivity index (χ3n) is 4.40. The van der Waals surface area contributed by atoms with Crippen LogP contribution in [-0.2, 0) is 9.47 Å². The van der Waals surface area contributed by atoms with E-state index >= 15 is 0 Å². The first-order valence-corrected chi connectivity index (χ1v) is 7.75. The van der Waals surface area contributed by atoms with Gasteiger partial charge < -0.3 is 14.4 Å². The van der Waals surface area contributed by atoms with E-state index in [2.05, 4.69) is 0 Å². The van der Waals surface area contributed by atoms with Crippen LogP contribution in [0.15, 0.2) is 18.2 Å². The van der Waals surface area contributed by atoms with Crippen LogP contribution in [0.3, 0.4) is 0 Å². The van der Waals surface area contributed by atoms with E-state index in [1.807, 2.05) is 36.9 Å². The molecular weight excluding hydrogens is 266 g/mol. The van der Waals surface area contributed by atoms with E-state index in [1.54, 1.807) is 0 Å². The molecular formula is C17H23NO3. The summed E-state index contributed by atoms with van der Waals surface area (Å²) in [6.07, 6.45) is 1.96. The zero-order valence-corrected chi connectivity index (χ0v) is 12.8. The van der Waals surface area contributed by atoms with Crippen LogP contribution in [-0.4, -0.2) is 43.4 Å². The van der Waals surface area contributed by atoms with Crippen LogP contribution in [0.5, 0.6) is 0 Å². The van der Waals surface area contributed by atoms with Crippen LogP contribution in [0.25, 0.3) is 0 Å². The summed E-state index contributed by atoms with van der Waals surface area (Å²) in [5, 5.41) is 0. The van der Waals surface area contributed by atoms with Crippen LogP contribution in [0.2, 0.25) is 0 Å². The number of hydrogen-bond acceptors (Lipinski definition) is 3. The first-order chi connectivity index (χ1) is 10.1. The molecule has 2 aliphatic rings. The normalized spacial score (nSPS) is 23.5. The third-order valence-corrected chi connectivity index (χ3v) is 4.40. The Hall–Kier alpha value is -1.39. The van der Waals surface area contributed by atoms with Gasteiger partial charge in [-0.15, -0.1) is 0 Å². The summed E-state index contributed by atoms with van der Waals surface area (Å²) in [6, 6.07) is 6.06. The van der Waals surface area contributed by atoms with Gasteiger partial charge in [0.15, 0.2) is 6.29 Å². The molecule has 2 aliphatic heterocycles. The minimum atomic E-state index is -0.126. The molecule has 2 saturated heterocycles. The molecule has 4 heteroatoms. The van der Waals surface area contributed by atoms with Crippen LogP contribution in [0, 0.1) is 19.8 Å². The van der Waals surface area contributed by atoms with Gasteiger partial charge >= 0.3 is 0 Å². The minimum Gasteiger partial charge on any atom is -0.350 e. The molecule has 0 saturated carbocycles. The first-order valence-electron chi connectivity index (χ1n) is 7.75. The van der Waals surface area contributed by atoms with Gasteiger partial charge in [0.05, 0.1) is 13.2 Å². The number of carbonyl (C=O) groups excluding carboxylic acids is 1. The van der Waals surface area contributed by atoms with E-state index in [1.165, 1.54) is 0 Å². The number of likely N-dealkylation sites (tertiary alicyclic amines) is 1. The van der Waals surface area contributed by atoms with E-state index in [9.17, 15) is 4.79 Å². The topological polar surface area (TPSA) is 38.8 Å². The van der Waals surface area contributed by atoms with Crippen LogP contribution in [0.4, 0.5) is 0 Å². The summed E-state index contributed by atoms with van der Waals surface area (Å²) in [4.78, 5) is 14.7. The van der Waals surface area contributed by atoms with Crippen molar-refractivity contribution < 1.29 is 14.3 Å². The summed E-state index contributed by atoms with van der Waals surface area (Å²) in [5.74, 6) is 0.439. The van der Waals surface area contributed by atoms with Crippen LogP contribution >= 0.6 is 0 Å². The second-order valence-electron chi connectivity index (χ2n) is 6.08. The number of carbonyl (C=O) groups is 1. The fourth-order valence-electron chi connectivity index (χ4n) is 3.20. The van der Waals surface area contributed by atoms with Crippen molar-refractivity contribution in [2.45, 2.75) is 33.0 Å². The Morgan fingerprint density at radius 3 is 2.76 bits per heavy atom. The zero-order chi connectivity index (χ0) is 14.8. The summed E-state index contributed by atoms with van der Waals surface area (Å²) < 4.78 is 11.2. The molecule has 2 fully saturated rings. The van der Waals surface area contributed by atoms with Gasteiger partial charge in [-0.05, 0) is 38.3 Å². The average Bonchev–Trinajstić information content (AvgIpc) is 3.03. The molecule has 3 rings (SSSR count). The molecule has 0 aromatic heterocycles. The molecule has 21 heavy (non-hydrogen) atoms. The molecule has 2 heterocycles. The first kappa shape index (κ1) is 14.5.